The maximum Gasteiger partial charge on any atom is 0.344 e. The van der Waals surface area contributed by atoms with Crippen LogP contribution in [0.5, 0.6) is 5.75 Å². The zero-order valence-corrected chi connectivity index (χ0v) is 13.8. The second kappa shape index (κ2) is 8.25. The predicted molar refractivity (Wildman–Crippen MR) is 84.0 cm³/mol. The summed E-state index contributed by atoms with van der Waals surface area (Å²) in [5.41, 5.74) is 5.40. The van der Waals surface area contributed by atoms with Gasteiger partial charge in [0, 0.05) is 6.16 Å². The van der Waals surface area contributed by atoms with Crippen molar-refractivity contribution < 1.29 is 39.1 Å². The Morgan fingerprint density at radius 1 is 1.21 bits per heavy atom. The third-order valence-electron chi connectivity index (χ3n) is 3.30. The van der Waals surface area contributed by atoms with Gasteiger partial charge in [0.15, 0.2) is 11.9 Å². The molecule has 0 bridgehead atoms. The summed E-state index contributed by atoms with van der Waals surface area (Å²) in [6.45, 7) is 1.35. The molecule has 6 N–H and O–H groups in total. The second-order valence-electron chi connectivity index (χ2n) is 5.25. The van der Waals surface area contributed by atoms with Crippen molar-refractivity contribution >= 4 is 19.3 Å². The molecule has 1 rings (SSSR count). The van der Waals surface area contributed by atoms with Crippen LogP contribution in [0.15, 0.2) is 24.3 Å². The lowest BCUT2D eigenvalue weighted by Gasteiger charge is -2.20. The van der Waals surface area contributed by atoms with Gasteiger partial charge in [-0.3, -0.25) is 9.36 Å². The Kier molecular flexibility index (Phi) is 6.92. The summed E-state index contributed by atoms with van der Waals surface area (Å²) < 4.78 is 17.2. The van der Waals surface area contributed by atoms with Crippen LogP contribution in [0.3, 0.4) is 0 Å². The minimum atomic E-state index is -4.08. The van der Waals surface area contributed by atoms with Crippen LogP contribution in [-0.4, -0.2) is 50.5 Å². The van der Waals surface area contributed by atoms with Gasteiger partial charge in [-0.1, -0.05) is 12.1 Å². The van der Waals surface area contributed by atoms with E-state index in [1.54, 1.807) is 0 Å². The number of nitrogens with two attached hydrogens (primary N) is 1. The van der Waals surface area contributed by atoms with Gasteiger partial charge in [0.25, 0.3) is 0 Å². The molecule has 0 aliphatic rings. The lowest BCUT2D eigenvalue weighted by atomic mass is 10.2. The summed E-state index contributed by atoms with van der Waals surface area (Å²) >= 11 is 0. The standard InChI is InChI=1S/C14H20NO8P/c1-8(12(16)17)23-10-4-2-9(3-5-10)14(20)24(21,22)7-6-11(15)13(18)19/h2-5,8,11,14,20H,6-7,15H2,1H3,(H,16,17)(H,18,19)(H,21,22)/t8?,11-,14?/m0/s1. The number of ether oxygens (including phenoxy) is 1. The molecule has 0 aromatic heterocycles. The van der Waals surface area contributed by atoms with Crippen LogP contribution < -0.4 is 10.5 Å². The highest BCUT2D eigenvalue weighted by Gasteiger charge is 2.31. The number of carboxylic acid groups (broad SMARTS) is 2. The Balaban J connectivity index is 2.76. The second-order valence-corrected chi connectivity index (χ2v) is 7.70. The first-order chi connectivity index (χ1) is 11.0. The van der Waals surface area contributed by atoms with Crippen LogP contribution in [0.1, 0.15) is 24.8 Å². The van der Waals surface area contributed by atoms with Gasteiger partial charge in [0.05, 0.1) is 0 Å². The fourth-order valence-corrected chi connectivity index (χ4v) is 3.31. The number of hydrogen-bond donors (Lipinski definition) is 5. The van der Waals surface area contributed by atoms with E-state index >= 15 is 0 Å². The fourth-order valence-electron chi connectivity index (χ4n) is 1.78. The molecule has 0 heterocycles. The van der Waals surface area contributed by atoms with Gasteiger partial charge in [-0.15, -0.1) is 0 Å². The smallest absolute Gasteiger partial charge is 0.344 e. The Morgan fingerprint density at radius 3 is 2.21 bits per heavy atom. The van der Waals surface area contributed by atoms with Gasteiger partial charge in [-0.2, -0.15) is 0 Å². The summed E-state index contributed by atoms with van der Waals surface area (Å²) in [7, 11) is -4.08. The van der Waals surface area contributed by atoms with E-state index in [2.05, 4.69) is 0 Å². The molecule has 0 aliphatic carbocycles. The van der Waals surface area contributed by atoms with Crippen molar-refractivity contribution in [2.24, 2.45) is 5.73 Å². The van der Waals surface area contributed by atoms with Crippen LogP contribution in [0.2, 0.25) is 0 Å². The van der Waals surface area contributed by atoms with E-state index in [1.165, 1.54) is 31.2 Å². The molecule has 1 aromatic rings. The summed E-state index contributed by atoms with van der Waals surface area (Å²) in [6, 6.07) is 4.09. The first kappa shape index (κ1) is 20.1. The predicted octanol–water partition coefficient (Wildman–Crippen LogP) is 0.602. The molecule has 0 saturated carbocycles. The van der Waals surface area contributed by atoms with Crippen LogP contribution in [0.25, 0.3) is 0 Å². The number of benzene rings is 1. The molecule has 9 nitrogen and oxygen atoms in total. The highest BCUT2D eigenvalue weighted by molar-refractivity contribution is 7.58. The quantitative estimate of drug-likeness (QED) is 0.396. The molecule has 0 fully saturated rings. The van der Waals surface area contributed by atoms with E-state index in [0.717, 1.165) is 0 Å². The van der Waals surface area contributed by atoms with E-state index in [4.69, 9.17) is 20.7 Å². The number of aliphatic hydroxyl groups is 1. The number of carbonyl (C=O) groups is 2. The van der Waals surface area contributed by atoms with Crippen molar-refractivity contribution in [3.05, 3.63) is 29.8 Å². The van der Waals surface area contributed by atoms with E-state index in [-0.39, 0.29) is 17.7 Å². The zero-order valence-electron chi connectivity index (χ0n) is 12.9. The number of aliphatic carboxylic acids is 2. The number of aliphatic hydroxyl groups excluding tert-OH is 1. The molecular formula is C14H20NO8P. The SMILES string of the molecule is CC(Oc1ccc(C(O)P(=O)(O)CC[C@H](N)C(=O)O)cc1)C(=O)O. The number of hydrogen-bond acceptors (Lipinski definition) is 6. The third-order valence-corrected chi connectivity index (χ3v) is 5.26. The molecule has 0 amide bonds. The lowest BCUT2D eigenvalue weighted by Crippen LogP contribution is -2.31. The average molecular weight is 361 g/mol. The first-order valence-electron chi connectivity index (χ1n) is 7.02. The van der Waals surface area contributed by atoms with E-state index in [1.807, 2.05) is 0 Å². The molecule has 1 aromatic carbocycles. The molecular weight excluding hydrogens is 341 g/mol. The summed E-state index contributed by atoms with van der Waals surface area (Å²) in [5.74, 6) is -3.92. The molecule has 0 radical (unpaired) electrons. The van der Waals surface area contributed by atoms with Gasteiger partial charge in [0.2, 0.25) is 7.37 Å². The van der Waals surface area contributed by atoms with Crippen molar-refractivity contribution in [1.29, 1.82) is 0 Å². The molecule has 4 atom stereocenters. The van der Waals surface area contributed by atoms with Crippen molar-refractivity contribution in [3.63, 3.8) is 0 Å². The maximum atomic E-state index is 12.1. The fraction of sp³-hybridized carbons (Fsp3) is 0.429. The molecule has 0 saturated heterocycles. The van der Waals surface area contributed by atoms with Crippen LogP contribution in [0, 0.1) is 0 Å². The highest BCUT2D eigenvalue weighted by Crippen LogP contribution is 2.54. The summed E-state index contributed by atoms with van der Waals surface area (Å²) in [5, 5.41) is 27.4. The van der Waals surface area contributed by atoms with E-state index < -0.39 is 43.5 Å². The minimum absolute atomic E-state index is 0.125. The van der Waals surface area contributed by atoms with Crippen molar-refractivity contribution in [2.45, 2.75) is 31.3 Å². The van der Waals surface area contributed by atoms with Crippen LogP contribution in [0.4, 0.5) is 0 Å². The Labute approximate surface area is 138 Å². The zero-order chi connectivity index (χ0) is 18.5. The number of rotatable bonds is 9. The van der Waals surface area contributed by atoms with Crippen molar-refractivity contribution in [2.75, 3.05) is 6.16 Å². The largest absolute Gasteiger partial charge is 0.480 e. The summed E-state index contributed by atoms with van der Waals surface area (Å²) in [6.07, 6.45) is -1.77. The Hall–Kier alpha value is -1.93. The van der Waals surface area contributed by atoms with E-state index in [0.29, 0.717) is 0 Å². The van der Waals surface area contributed by atoms with Crippen molar-refractivity contribution in [1.82, 2.24) is 0 Å². The van der Waals surface area contributed by atoms with Gasteiger partial charge >= 0.3 is 11.9 Å². The molecule has 0 spiro atoms. The number of carboxylic acids is 2. The lowest BCUT2D eigenvalue weighted by molar-refractivity contribution is -0.144. The highest BCUT2D eigenvalue weighted by atomic mass is 31.2. The van der Waals surface area contributed by atoms with E-state index in [9.17, 15) is 24.2 Å². The van der Waals surface area contributed by atoms with Gasteiger partial charge in [-0.25, -0.2) is 4.79 Å². The molecule has 24 heavy (non-hydrogen) atoms. The van der Waals surface area contributed by atoms with Crippen molar-refractivity contribution in [3.8, 4) is 5.75 Å². The topological polar surface area (TPSA) is 167 Å². The van der Waals surface area contributed by atoms with Gasteiger partial charge in [0.1, 0.15) is 11.8 Å². The Bertz CT molecular complexity index is 632. The molecule has 3 unspecified atom stereocenters. The van der Waals surface area contributed by atoms with Gasteiger partial charge < -0.3 is 30.7 Å². The normalized spacial score (nSPS) is 17.3. The van der Waals surface area contributed by atoms with Gasteiger partial charge in [-0.05, 0) is 31.0 Å². The summed E-state index contributed by atoms with van der Waals surface area (Å²) in [4.78, 5) is 31.2. The Morgan fingerprint density at radius 2 is 1.75 bits per heavy atom. The first-order valence-corrected chi connectivity index (χ1v) is 8.93. The third kappa shape index (κ3) is 5.61. The minimum Gasteiger partial charge on any atom is -0.480 e. The van der Waals surface area contributed by atoms with Crippen LogP contribution >= 0.6 is 7.37 Å². The molecule has 134 valence electrons. The molecule has 10 heteroatoms. The maximum absolute atomic E-state index is 12.1. The monoisotopic (exact) mass is 361 g/mol. The van der Waals surface area contributed by atoms with Crippen LogP contribution in [-0.2, 0) is 14.2 Å². The average Bonchev–Trinajstić information content (AvgIpc) is 2.52. The molecule has 0 aliphatic heterocycles.